The van der Waals surface area contributed by atoms with Gasteiger partial charge in [0, 0.05) is 5.39 Å². The molecule has 0 unspecified atom stereocenters. The summed E-state index contributed by atoms with van der Waals surface area (Å²) in [6.45, 7) is -0.0179. The van der Waals surface area contributed by atoms with Gasteiger partial charge in [-0.05, 0) is 41.5 Å². The van der Waals surface area contributed by atoms with Gasteiger partial charge in [-0.3, -0.25) is 0 Å². The minimum Gasteiger partial charge on any atom is -0.465 e. The van der Waals surface area contributed by atoms with Gasteiger partial charge in [-0.1, -0.05) is 23.7 Å². The third kappa shape index (κ3) is 3.71. The molecule has 2 aromatic carbocycles. The molecule has 8 heteroatoms. The van der Waals surface area contributed by atoms with Crippen LogP contribution in [0.15, 0.2) is 46.9 Å². The molecule has 0 saturated carbocycles. The number of carbonyl (C=O) groups is 1. The van der Waals surface area contributed by atoms with Gasteiger partial charge in [-0.15, -0.1) is 0 Å². The highest BCUT2D eigenvalue weighted by molar-refractivity contribution is 6.35. The molecule has 0 fully saturated rings. The first kappa shape index (κ1) is 17.2. The van der Waals surface area contributed by atoms with Gasteiger partial charge in [0.05, 0.1) is 17.1 Å². The lowest BCUT2D eigenvalue weighted by atomic mass is 10.0. The number of furan rings is 1. The van der Waals surface area contributed by atoms with Crippen LogP contribution in [-0.4, -0.2) is 11.2 Å². The number of rotatable bonds is 3. The van der Waals surface area contributed by atoms with E-state index in [1.165, 1.54) is 12.1 Å². The molecule has 0 atom stereocenters. The van der Waals surface area contributed by atoms with Gasteiger partial charge >= 0.3 is 12.3 Å². The highest BCUT2D eigenvalue weighted by atomic mass is 35.5. The van der Waals surface area contributed by atoms with Crippen LogP contribution >= 0.6 is 11.6 Å². The maximum Gasteiger partial charge on any atom is 0.416 e. The molecular weight excluding hydrogens is 359 g/mol. The number of carboxylic acid groups (broad SMARTS) is 1. The minimum atomic E-state index is -4.39. The highest BCUT2D eigenvalue weighted by Crippen LogP contribution is 2.35. The number of amides is 1. The standard InChI is InChI=1S/C17H11ClF3NO3/c18-14-7-10(9-1-3-12(4-2-9)17(19,20)21)5-11-6-13(25-15(11)14)8-22-16(23)24/h1-7,22H,8H2,(H,23,24). The molecule has 0 aliphatic heterocycles. The monoisotopic (exact) mass is 369 g/mol. The SMILES string of the molecule is O=C(O)NCc1cc2cc(-c3ccc(C(F)(F)F)cc3)cc(Cl)c2o1. The zero-order valence-electron chi connectivity index (χ0n) is 12.5. The molecule has 2 N–H and O–H groups in total. The van der Waals surface area contributed by atoms with Crippen molar-refractivity contribution >= 4 is 28.7 Å². The first-order valence-corrected chi connectivity index (χ1v) is 7.48. The van der Waals surface area contributed by atoms with Crippen molar-refractivity contribution in [3.8, 4) is 11.1 Å². The Labute approximate surface area is 144 Å². The average molecular weight is 370 g/mol. The Morgan fingerprint density at radius 3 is 2.40 bits per heavy atom. The lowest BCUT2D eigenvalue weighted by Gasteiger charge is -2.08. The third-order valence-corrected chi connectivity index (χ3v) is 3.86. The third-order valence-electron chi connectivity index (χ3n) is 3.58. The second kappa shape index (κ2) is 6.33. The lowest BCUT2D eigenvalue weighted by molar-refractivity contribution is -0.137. The molecule has 1 amide bonds. The van der Waals surface area contributed by atoms with E-state index in [1.807, 2.05) is 0 Å². The number of halogens is 4. The number of fused-ring (bicyclic) bond motifs is 1. The Hall–Kier alpha value is -2.67. The van der Waals surface area contributed by atoms with Crippen molar-refractivity contribution in [3.05, 3.63) is 58.8 Å². The summed E-state index contributed by atoms with van der Waals surface area (Å²) >= 11 is 6.18. The molecule has 130 valence electrons. The quantitative estimate of drug-likeness (QED) is 0.637. The normalized spacial score (nSPS) is 11.7. The minimum absolute atomic E-state index is 0.0179. The molecular formula is C17H11ClF3NO3. The maximum absolute atomic E-state index is 12.6. The van der Waals surface area contributed by atoms with Gasteiger partial charge in [0.2, 0.25) is 0 Å². The van der Waals surface area contributed by atoms with E-state index in [0.717, 1.165) is 12.1 Å². The Morgan fingerprint density at radius 1 is 1.12 bits per heavy atom. The Kier molecular flexibility index (Phi) is 4.34. The second-order valence-electron chi connectivity index (χ2n) is 5.32. The predicted octanol–water partition coefficient (Wildman–Crippen LogP) is 5.54. The summed E-state index contributed by atoms with van der Waals surface area (Å²) in [5.41, 5.74) is 0.862. The highest BCUT2D eigenvalue weighted by Gasteiger charge is 2.30. The van der Waals surface area contributed by atoms with Crippen molar-refractivity contribution in [2.75, 3.05) is 0 Å². The van der Waals surface area contributed by atoms with Gasteiger partial charge in [-0.2, -0.15) is 13.2 Å². The van der Waals surface area contributed by atoms with E-state index in [4.69, 9.17) is 21.1 Å². The summed E-state index contributed by atoms with van der Waals surface area (Å²) in [5, 5.41) is 11.7. The van der Waals surface area contributed by atoms with Crippen LogP contribution in [0.3, 0.4) is 0 Å². The number of hydrogen-bond acceptors (Lipinski definition) is 2. The average Bonchev–Trinajstić information content (AvgIpc) is 2.96. The van der Waals surface area contributed by atoms with Crippen molar-refractivity contribution in [1.82, 2.24) is 5.32 Å². The number of benzene rings is 2. The van der Waals surface area contributed by atoms with Crippen LogP contribution < -0.4 is 5.32 Å². The van der Waals surface area contributed by atoms with Gasteiger partial charge in [0.15, 0.2) is 5.58 Å². The van der Waals surface area contributed by atoms with Crippen molar-refractivity contribution in [1.29, 1.82) is 0 Å². The Bertz CT molecular complexity index is 933. The summed E-state index contributed by atoms with van der Waals surface area (Å²) in [4.78, 5) is 10.5. The van der Waals surface area contributed by atoms with E-state index >= 15 is 0 Å². The molecule has 3 rings (SSSR count). The van der Waals surface area contributed by atoms with Crippen LogP contribution in [0.25, 0.3) is 22.1 Å². The smallest absolute Gasteiger partial charge is 0.416 e. The van der Waals surface area contributed by atoms with Gasteiger partial charge in [0.25, 0.3) is 0 Å². The molecule has 4 nitrogen and oxygen atoms in total. The van der Waals surface area contributed by atoms with Crippen LogP contribution in [0, 0.1) is 0 Å². The van der Waals surface area contributed by atoms with Crippen LogP contribution in [0.4, 0.5) is 18.0 Å². The molecule has 0 bridgehead atoms. The van der Waals surface area contributed by atoms with E-state index in [-0.39, 0.29) is 11.6 Å². The molecule has 25 heavy (non-hydrogen) atoms. The first-order chi connectivity index (χ1) is 11.7. The molecule has 0 saturated heterocycles. The van der Waals surface area contributed by atoms with E-state index in [9.17, 15) is 18.0 Å². The van der Waals surface area contributed by atoms with E-state index in [2.05, 4.69) is 5.32 Å². The summed E-state index contributed by atoms with van der Waals surface area (Å²) in [6, 6.07) is 9.68. The van der Waals surface area contributed by atoms with Crippen LogP contribution in [0.1, 0.15) is 11.3 Å². The number of hydrogen-bond donors (Lipinski definition) is 2. The van der Waals surface area contributed by atoms with Crippen LogP contribution in [0.5, 0.6) is 0 Å². The molecule has 1 aromatic heterocycles. The first-order valence-electron chi connectivity index (χ1n) is 7.10. The van der Waals surface area contributed by atoms with Gasteiger partial charge in [0.1, 0.15) is 5.76 Å². The topological polar surface area (TPSA) is 62.5 Å². The van der Waals surface area contributed by atoms with Crippen molar-refractivity contribution in [2.45, 2.75) is 12.7 Å². The fourth-order valence-electron chi connectivity index (χ4n) is 2.43. The van der Waals surface area contributed by atoms with E-state index in [0.29, 0.717) is 27.9 Å². The molecule has 0 aliphatic carbocycles. The summed E-state index contributed by atoms with van der Waals surface area (Å²) in [7, 11) is 0. The summed E-state index contributed by atoms with van der Waals surface area (Å²) in [6.07, 6.45) is -5.58. The zero-order valence-corrected chi connectivity index (χ0v) is 13.3. The maximum atomic E-state index is 12.6. The Morgan fingerprint density at radius 2 is 1.80 bits per heavy atom. The van der Waals surface area contributed by atoms with Gasteiger partial charge in [-0.25, -0.2) is 4.79 Å². The van der Waals surface area contributed by atoms with E-state index in [1.54, 1.807) is 18.2 Å². The fourth-order valence-corrected chi connectivity index (χ4v) is 2.70. The van der Waals surface area contributed by atoms with Gasteiger partial charge < -0.3 is 14.8 Å². The lowest BCUT2D eigenvalue weighted by Crippen LogP contribution is -2.19. The second-order valence-corrected chi connectivity index (χ2v) is 5.73. The van der Waals surface area contributed by atoms with E-state index < -0.39 is 17.8 Å². The van der Waals surface area contributed by atoms with Crippen molar-refractivity contribution in [3.63, 3.8) is 0 Å². The molecule has 1 heterocycles. The number of nitrogens with one attached hydrogen (secondary N) is 1. The fraction of sp³-hybridized carbons (Fsp3) is 0.118. The zero-order chi connectivity index (χ0) is 18.2. The van der Waals surface area contributed by atoms with Crippen molar-refractivity contribution in [2.24, 2.45) is 0 Å². The molecule has 0 spiro atoms. The Balaban J connectivity index is 1.96. The van der Waals surface area contributed by atoms with Crippen LogP contribution in [-0.2, 0) is 12.7 Å². The molecule has 3 aromatic rings. The molecule has 0 radical (unpaired) electrons. The summed E-state index contributed by atoms with van der Waals surface area (Å²) in [5.74, 6) is 0.379. The largest absolute Gasteiger partial charge is 0.465 e. The van der Waals surface area contributed by atoms with Crippen molar-refractivity contribution < 1.29 is 27.5 Å². The molecule has 0 aliphatic rings. The number of alkyl halides is 3. The van der Waals surface area contributed by atoms with Crippen LogP contribution in [0.2, 0.25) is 5.02 Å². The predicted molar refractivity (Wildman–Crippen MR) is 86.5 cm³/mol. The summed E-state index contributed by atoms with van der Waals surface area (Å²) < 4.78 is 43.4.